The molecule has 4 atom stereocenters. The number of amides is 2. The fraction of sp³-hybridized carbons (Fsp3) is 0.552. The fourth-order valence-electron chi connectivity index (χ4n) is 6.14. The minimum atomic E-state index is -5.01. The number of likely N-dealkylation sites (tertiary alicyclic amines) is 1. The Bertz CT molecular complexity index is 1270. The Morgan fingerprint density at radius 1 is 1.07 bits per heavy atom. The van der Waals surface area contributed by atoms with Crippen LogP contribution in [0.2, 0.25) is 0 Å². The highest BCUT2D eigenvalue weighted by atomic mass is 19.4. The van der Waals surface area contributed by atoms with Crippen LogP contribution in [0.15, 0.2) is 36.4 Å². The average molecular weight is 590 g/mol. The highest BCUT2D eigenvalue weighted by Gasteiger charge is 2.50. The Labute approximate surface area is 234 Å². The molecule has 12 heteroatoms. The van der Waals surface area contributed by atoms with Crippen LogP contribution >= 0.6 is 0 Å². The molecule has 5 nitrogen and oxygen atoms in total. The summed E-state index contributed by atoms with van der Waals surface area (Å²) in [6.45, 7) is 5.17. The van der Waals surface area contributed by atoms with E-state index in [4.69, 9.17) is 0 Å². The smallest absolute Gasteiger partial charge is 0.394 e. The van der Waals surface area contributed by atoms with E-state index in [0.29, 0.717) is 42.5 Å². The van der Waals surface area contributed by atoms with Gasteiger partial charge in [0.25, 0.3) is 0 Å². The van der Waals surface area contributed by atoms with Crippen LogP contribution in [0.25, 0.3) is 0 Å². The van der Waals surface area contributed by atoms with Gasteiger partial charge in [0.2, 0.25) is 0 Å². The molecule has 0 aromatic heterocycles. The summed E-state index contributed by atoms with van der Waals surface area (Å²) < 4.78 is 94.8. The summed E-state index contributed by atoms with van der Waals surface area (Å²) in [5.41, 5.74) is -2.81. The van der Waals surface area contributed by atoms with E-state index in [2.05, 4.69) is 5.32 Å². The third-order valence-electron chi connectivity index (χ3n) is 8.67. The van der Waals surface area contributed by atoms with Gasteiger partial charge >= 0.3 is 18.4 Å². The van der Waals surface area contributed by atoms with E-state index in [1.54, 1.807) is 17.9 Å². The average Bonchev–Trinajstić information content (AvgIpc) is 3.22. The van der Waals surface area contributed by atoms with Crippen LogP contribution in [0.1, 0.15) is 79.4 Å². The summed E-state index contributed by atoms with van der Waals surface area (Å²) in [6, 6.07) is 3.32. The van der Waals surface area contributed by atoms with Crippen LogP contribution in [0.4, 0.5) is 35.5 Å². The number of carbonyl (C=O) groups is 1. The molecule has 41 heavy (non-hydrogen) atoms. The van der Waals surface area contributed by atoms with E-state index in [-0.39, 0.29) is 24.8 Å². The maximum absolute atomic E-state index is 14.0. The van der Waals surface area contributed by atoms with Crippen molar-refractivity contribution in [1.29, 1.82) is 0 Å². The van der Waals surface area contributed by atoms with Gasteiger partial charge in [-0.1, -0.05) is 6.07 Å². The van der Waals surface area contributed by atoms with Gasteiger partial charge in [-0.25, -0.2) is 9.18 Å². The lowest BCUT2D eigenvalue weighted by molar-refractivity contribution is -0.143. The Hall–Kier alpha value is -2.86. The molecule has 2 aliphatic rings. The Morgan fingerprint density at radius 3 is 2.20 bits per heavy atom. The van der Waals surface area contributed by atoms with Crippen molar-refractivity contribution in [2.24, 2.45) is 0 Å². The maximum Gasteiger partial charge on any atom is 0.416 e. The van der Waals surface area contributed by atoms with Gasteiger partial charge in [0.1, 0.15) is 5.82 Å². The molecule has 1 spiro atoms. The molecule has 2 amide bonds. The Morgan fingerprint density at radius 2 is 1.68 bits per heavy atom. The number of hydrogen-bond acceptors (Lipinski definition) is 3. The maximum atomic E-state index is 14.0. The minimum absolute atomic E-state index is 0.0597. The molecule has 0 unspecified atom stereocenters. The van der Waals surface area contributed by atoms with Crippen LogP contribution in [-0.4, -0.2) is 52.2 Å². The predicted octanol–water partition coefficient (Wildman–Crippen LogP) is 6.99. The largest absolute Gasteiger partial charge is 0.416 e. The molecule has 2 aromatic carbocycles. The van der Waals surface area contributed by atoms with Gasteiger partial charge in [0, 0.05) is 24.7 Å². The number of hydrogen-bond donors (Lipinski definition) is 2. The first kappa shape index (κ1) is 31.1. The summed E-state index contributed by atoms with van der Waals surface area (Å²) in [4.78, 5) is 16.6. The molecule has 2 N–H and O–H groups in total. The molecule has 4 rings (SSSR count). The molecular weight excluding hydrogens is 555 g/mol. The lowest BCUT2D eigenvalue weighted by atomic mass is 9.79. The number of rotatable bonds is 4. The zero-order valence-corrected chi connectivity index (χ0v) is 23.3. The number of piperidine rings is 1. The minimum Gasteiger partial charge on any atom is -0.394 e. The predicted molar refractivity (Wildman–Crippen MR) is 138 cm³/mol. The normalized spacial score (nSPS) is 26.0. The molecule has 2 heterocycles. The number of urea groups is 1. The van der Waals surface area contributed by atoms with Crippen molar-refractivity contribution in [2.75, 3.05) is 20.2 Å². The van der Waals surface area contributed by atoms with Gasteiger partial charge < -0.3 is 20.2 Å². The summed E-state index contributed by atoms with van der Waals surface area (Å²) in [6.07, 6.45) is -7.62. The first-order valence-electron chi connectivity index (χ1n) is 13.4. The molecule has 2 aromatic rings. The van der Waals surface area contributed by atoms with E-state index < -0.39 is 58.5 Å². The van der Waals surface area contributed by atoms with Gasteiger partial charge in [0.05, 0.1) is 29.8 Å². The van der Waals surface area contributed by atoms with Crippen LogP contribution in [0, 0.1) is 12.7 Å². The first-order valence-corrected chi connectivity index (χ1v) is 13.4. The van der Waals surface area contributed by atoms with Crippen LogP contribution < -0.4 is 5.32 Å². The quantitative estimate of drug-likeness (QED) is 0.378. The summed E-state index contributed by atoms with van der Waals surface area (Å²) in [5.74, 6) is -0.447. The van der Waals surface area contributed by atoms with E-state index >= 15 is 0 Å². The van der Waals surface area contributed by atoms with E-state index in [1.165, 1.54) is 26.1 Å². The van der Waals surface area contributed by atoms with Gasteiger partial charge in [0.15, 0.2) is 0 Å². The molecule has 226 valence electrons. The molecule has 0 saturated carbocycles. The Balaban J connectivity index is 1.68. The van der Waals surface area contributed by atoms with E-state index in [1.807, 2.05) is 6.92 Å². The van der Waals surface area contributed by atoms with Crippen molar-refractivity contribution in [2.45, 2.75) is 82.0 Å². The van der Waals surface area contributed by atoms with Crippen LogP contribution in [0.5, 0.6) is 0 Å². The van der Waals surface area contributed by atoms with Crippen molar-refractivity contribution < 1.29 is 40.6 Å². The standard InChI is InChI=1S/C29H34F7N3O2/c1-17-11-22(30)5-6-23(17)24-15-27(8-7-26(3,16-40)37-27)9-10-39(24)25(41)38(4)18(2)19-12-20(28(31,32)33)14-21(13-19)29(34,35)36/h5-6,11-14,18,24,37,40H,7-10,15-16H2,1-4H3/t18-,24-,26+,27+/m1/s1. The van der Waals surface area contributed by atoms with Crippen molar-refractivity contribution in [3.05, 3.63) is 70.0 Å². The van der Waals surface area contributed by atoms with Crippen molar-refractivity contribution in [3.8, 4) is 0 Å². The number of aliphatic hydroxyl groups is 1. The molecule has 2 saturated heterocycles. The third kappa shape index (κ3) is 6.33. The molecule has 2 fully saturated rings. The molecule has 2 aliphatic heterocycles. The number of nitrogens with zero attached hydrogens (tertiary/aromatic N) is 2. The fourth-order valence-corrected chi connectivity index (χ4v) is 6.14. The SMILES string of the molecule is Cc1cc(F)ccc1[C@H]1C[C@@]2(CCN1C(=O)N(C)[C@H](C)c1cc(C(F)(F)F)cc(C(F)(F)F)c1)CC[C@@](C)(CO)N2. The zero-order valence-electron chi connectivity index (χ0n) is 23.3. The molecule has 0 aliphatic carbocycles. The first-order chi connectivity index (χ1) is 18.9. The highest BCUT2D eigenvalue weighted by Crippen LogP contribution is 2.46. The lowest BCUT2D eigenvalue weighted by Gasteiger charge is -2.48. The number of halogens is 7. The van der Waals surface area contributed by atoms with Crippen LogP contribution in [0.3, 0.4) is 0 Å². The molecule has 0 radical (unpaired) electrons. The van der Waals surface area contributed by atoms with Gasteiger partial charge in [-0.2, -0.15) is 26.3 Å². The van der Waals surface area contributed by atoms with Gasteiger partial charge in [-0.15, -0.1) is 0 Å². The van der Waals surface area contributed by atoms with E-state index in [9.17, 15) is 40.6 Å². The number of aliphatic hydroxyl groups excluding tert-OH is 1. The highest BCUT2D eigenvalue weighted by molar-refractivity contribution is 5.75. The number of alkyl halides is 6. The second-order valence-corrected chi connectivity index (χ2v) is 11.7. The van der Waals surface area contributed by atoms with Crippen molar-refractivity contribution in [3.63, 3.8) is 0 Å². The Kier molecular flexibility index (Phi) is 8.16. The van der Waals surface area contributed by atoms with Gasteiger partial charge in [-0.05, 0) is 93.5 Å². The van der Waals surface area contributed by atoms with Crippen molar-refractivity contribution >= 4 is 6.03 Å². The topological polar surface area (TPSA) is 55.8 Å². The summed E-state index contributed by atoms with van der Waals surface area (Å²) in [5, 5.41) is 13.5. The lowest BCUT2D eigenvalue weighted by Crippen LogP contribution is -2.58. The van der Waals surface area contributed by atoms with Crippen LogP contribution in [-0.2, 0) is 12.4 Å². The summed E-state index contributed by atoms with van der Waals surface area (Å²) >= 11 is 0. The number of carbonyl (C=O) groups excluding carboxylic acids is 1. The molecular formula is C29H34F7N3O2. The third-order valence-corrected chi connectivity index (χ3v) is 8.67. The number of benzene rings is 2. The summed E-state index contributed by atoms with van der Waals surface area (Å²) in [7, 11) is 1.34. The van der Waals surface area contributed by atoms with Gasteiger partial charge in [-0.3, -0.25) is 0 Å². The number of nitrogens with one attached hydrogen (secondary N) is 1. The van der Waals surface area contributed by atoms with Crippen molar-refractivity contribution in [1.82, 2.24) is 15.1 Å². The second kappa shape index (κ2) is 10.8. The van der Waals surface area contributed by atoms with E-state index in [0.717, 1.165) is 11.3 Å². The zero-order chi connectivity index (χ0) is 30.5. The number of aryl methyl sites for hydroxylation is 1. The monoisotopic (exact) mass is 589 g/mol. The molecule has 0 bridgehead atoms. The second-order valence-electron chi connectivity index (χ2n) is 11.7.